The standard InChI is InChI=1S/C6H12O4/c1-3-5(8)6(9)4(7)2-10-3/h3-9H,2H2,1H3/t3-,4-,5?,6?/m0/s1. The molecule has 1 fully saturated rings. The van der Waals surface area contributed by atoms with Gasteiger partial charge in [0.2, 0.25) is 0 Å². The second-order valence-electron chi connectivity index (χ2n) is 2.59. The lowest BCUT2D eigenvalue weighted by Crippen LogP contribution is -2.51. The van der Waals surface area contributed by atoms with E-state index < -0.39 is 24.4 Å². The van der Waals surface area contributed by atoms with Crippen LogP contribution in [0.4, 0.5) is 0 Å². The normalized spacial score (nSPS) is 49.2. The van der Waals surface area contributed by atoms with Crippen molar-refractivity contribution in [3.8, 4) is 0 Å². The highest BCUT2D eigenvalue weighted by atomic mass is 16.5. The maximum atomic E-state index is 9.08. The first-order valence-corrected chi connectivity index (χ1v) is 3.28. The Bertz CT molecular complexity index is 102. The smallest absolute Gasteiger partial charge is 0.110 e. The largest absolute Gasteiger partial charge is 0.388 e. The van der Waals surface area contributed by atoms with E-state index in [0.29, 0.717) is 0 Å². The van der Waals surface area contributed by atoms with Crippen LogP contribution in [-0.4, -0.2) is 46.3 Å². The van der Waals surface area contributed by atoms with Crippen LogP contribution < -0.4 is 0 Å². The highest BCUT2D eigenvalue weighted by molar-refractivity contribution is 4.83. The summed E-state index contributed by atoms with van der Waals surface area (Å²) in [7, 11) is 0. The minimum Gasteiger partial charge on any atom is -0.388 e. The van der Waals surface area contributed by atoms with Gasteiger partial charge in [0.05, 0.1) is 12.7 Å². The van der Waals surface area contributed by atoms with Crippen molar-refractivity contribution in [2.75, 3.05) is 6.61 Å². The summed E-state index contributed by atoms with van der Waals surface area (Å²) in [5.41, 5.74) is 0. The van der Waals surface area contributed by atoms with Gasteiger partial charge in [-0.05, 0) is 6.92 Å². The number of aliphatic hydroxyl groups excluding tert-OH is 3. The van der Waals surface area contributed by atoms with Gasteiger partial charge < -0.3 is 20.1 Å². The van der Waals surface area contributed by atoms with Gasteiger partial charge in [0.25, 0.3) is 0 Å². The average molecular weight is 148 g/mol. The lowest BCUT2D eigenvalue weighted by molar-refractivity contribution is -0.181. The van der Waals surface area contributed by atoms with E-state index in [9.17, 15) is 0 Å². The minimum atomic E-state index is -1.07. The first-order valence-electron chi connectivity index (χ1n) is 3.28. The molecule has 0 bridgehead atoms. The van der Waals surface area contributed by atoms with Crippen molar-refractivity contribution < 1.29 is 20.1 Å². The van der Waals surface area contributed by atoms with Gasteiger partial charge in [-0.25, -0.2) is 0 Å². The third kappa shape index (κ3) is 1.29. The zero-order chi connectivity index (χ0) is 7.72. The summed E-state index contributed by atoms with van der Waals surface area (Å²) in [4.78, 5) is 0. The van der Waals surface area contributed by atoms with E-state index >= 15 is 0 Å². The summed E-state index contributed by atoms with van der Waals surface area (Å²) >= 11 is 0. The third-order valence-corrected chi connectivity index (χ3v) is 1.75. The van der Waals surface area contributed by atoms with Crippen molar-refractivity contribution in [2.45, 2.75) is 31.3 Å². The van der Waals surface area contributed by atoms with Gasteiger partial charge in [0.1, 0.15) is 18.3 Å². The zero-order valence-corrected chi connectivity index (χ0v) is 5.77. The van der Waals surface area contributed by atoms with E-state index in [1.165, 1.54) is 0 Å². The molecule has 60 valence electrons. The average Bonchev–Trinajstić information content (AvgIpc) is 1.93. The molecule has 0 radical (unpaired) electrons. The van der Waals surface area contributed by atoms with Crippen LogP contribution in [0.25, 0.3) is 0 Å². The predicted molar refractivity (Wildman–Crippen MR) is 33.4 cm³/mol. The molecule has 0 aromatic rings. The first kappa shape index (κ1) is 7.94. The molecule has 0 aromatic carbocycles. The number of hydrogen-bond acceptors (Lipinski definition) is 4. The van der Waals surface area contributed by atoms with E-state index in [0.717, 1.165) is 0 Å². The molecule has 4 heteroatoms. The molecule has 1 saturated heterocycles. The lowest BCUT2D eigenvalue weighted by Gasteiger charge is -2.33. The molecule has 1 aliphatic rings. The van der Waals surface area contributed by atoms with E-state index in [1.54, 1.807) is 6.92 Å². The van der Waals surface area contributed by atoms with Gasteiger partial charge in [-0.3, -0.25) is 0 Å². The molecular formula is C6H12O4. The van der Waals surface area contributed by atoms with Gasteiger partial charge in [-0.1, -0.05) is 0 Å². The second-order valence-corrected chi connectivity index (χ2v) is 2.59. The van der Waals surface area contributed by atoms with Crippen LogP contribution in [0, 0.1) is 0 Å². The Morgan fingerprint density at radius 2 is 1.80 bits per heavy atom. The Labute approximate surface area is 59.1 Å². The van der Waals surface area contributed by atoms with Gasteiger partial charge in [-0.15, -0.1) is 0 Å². The van der Waals surface area contributed by atoms with Crippen molar-refractivity contribution in [3.63, 3.8) is 0 Å². The summed E-state index contributed by atoms with van der Waals surface area (Å²) in [6.45, 7) is 1.75. The summed E-state index contributed by atoms with van der Waals surface area (Å²) < 4.78 is 4.91. The summed E-state index contributed by atoms with van der Waals surface area (Å²) in [5, 5.41) is 27.0. The van der Waals surface area contributed by atoms with Crippen molar-refractivity contribution >= 4 is 0 Å². The summed E-state index contributed by atoms with van der Waals surface area (Å²) in [6, 6.07) is 0. The van der Waals surface area contributed by atoms with Crippen molar-refractivity contribution in [2.24, 2.45) is 0 Å². The Kier molecular flexibility index (Phi) is 2.25. The molecular weight excluding hydrogens is 136 g/mol. The molecule has 0 saturated carbocycles. The van der Waals surface area contributed by atoms with Crippen molar-refractivity contribution in [3.05, 3.63) is 0 Å². The van der Waals surface area contributed by atoms with E-state index in [4.69, 9.17) is 20.1 Å². The number of rotatable bonds is 0. The van der Waals surface area contributed by atoms with Gasteiger partial charge in [0.15, 0.2) is 0 Å². The molecule has 1 aliphatic heterocycles. The zero-order valence-electron chi connectivity index (χ0n) is 5.77. The van der Waals surface area contributed by atoms with Crippen LogP contribution in [0.1, 0.15) is 6.92 Å². The summed E-state index contributed by atoms with van der Waals surface area (Å²) in [5.74, 6) is 0. The molecule has 1 rings (SSSR count). The number of ether oxygens (including phenoxy) is 1. The van der Waals surface area contributed by atoms with E-state index in [1.807, 2.05) is 0 Å². The number of hydrogen-bond donors (Lipinski definition) is 3. The first-order chi connectivity index (χ1) is 4.63. The van der Waals surface area contributed by atoms with E-state index in [-0.39, 0.29) is 6.61 Å². The molecule has 4 nitrogen and oxygen atoms in total. The lowest BCUT2D eigenvalue weighted by atomic mass is 10.0. The number of aliphatic hydroxyl groups is 3. The van der Waals surface area contributed by atoms with Gasteiger partial charge in [-0.2, -0.15) is 0 Å². The summed E-state index contributed by atoms with van der Waals surface area (Å²) in [6.07, 6.45) is -3.38. The van der Waals surface area contributed by atoms with Crippen LogP contribution >= 0.6 is 0 Å². The molecule has 0 amide bonds. The molecule has 10 heavy (non-hydrogen) atoms. The molecule has 1 heterocycles. The minimum absolute atomic E-state index is 0.0966. The maximum absolute atomic E-state index is 9.08. The Morgan fingerprint density at radius 1 is 1.20 bits per heavy atom. The monoisotopic (exact) mass is 148 g/mol. The van der Waals surface area contributed by atoms with Crippen LogP contribution in [0.5, 0.6) is 0 Å². The molecule has 3 N–H and O–H groups in total. The molecule has 4 atom stereocenters. The predicted octanol–water partition coefficient (Wildman–Crippen LogP) is -1.51. The Balaban J connectivity index is 2.52. The fourth-order valence-electron chi connectivity index (χ4n) is 0.953. The Morgan fingerprint density at radius 3 is 2.30 bits per heavy atom. The van der Waals surface area contributed by atoms with E-state index in [2.05, 4.69) is 0 Å². The fraction of sp³-hybridized carbons (Fsp3) is 1.00. The highest BCUT2D eigenvalue weighted by Gasteiger charge is 2.34. The van der Waals surface area contributed by atoms with Crippen LogP contribution in [-0.2, 0) is 4.74 Å². The maximum Gasteiger partial charge on any atom is 0.110 e. The van der Waals surface area contributed by atoms with Gasteiger partial charge >= 0.3 is 0 Å². The molecule has 0 aromatic heterocycles. The SMILES string of the molecule is C[C@@H]1OC[C@H](O)C(O)C1O. The third-order valence-electron chi connectivity index (χ3n) is 1.75. The van der Waals surface area contributed by atoms with Crippen molar-refractivity contribution in [1.29, 1.82) is 0 Å². The van der Waals surface area contributed by atoms with Crippen LogP contribution in [0.3, 0.4) is 0 Å². The van der Waals surface area contributed by atoms with Gasteiger partial charge in [0, 0.05) is 0 Å². The quantitative estimate of drug-likeness (QED) is 0.390. The molecule has 0 aliphatic carbocycles. The molecule has 2 unspecified atom stereocenters. The van der Waals surface area contributed by atoms with Crippen LogP contribution in [0.15, 0.2) is 0 Å². The van der Waals surface area contributed by atoms with Crippen molar-refractivity contribution in [1.82, 2.24) is 0 Å². The Hall–Kier alpha value is -0.160. The second kappa shape index (κ2) is 2.84. The topological polar surface area (TPSA) is 69.9 Å². The highest BCUT2D eigenvalue weighted by Crippen LogP contribution is 2.14. The fourth-order valence-corrected chi connectivity index (χ4v) is 0.953. The molecule has 0 spiro atoms. The van der Waals surface area contributed by atoms with Crippen LogP contribution in [0.2, 0.25) is 0 Å².